The summed E-state index contributed by atoms with van der Waals surface area (Å²) in [6.07, 6.45) is 2.16. The Morgan fingerprint density at radius 3 is 2.55 bits per heavy atom. The lowest BCUT2D eigenvalue weighted by molar-refractivity contribution is 0.0971. The second-order valence-electron chi connectivity index (χ2n) is 6.56. The van der Waals surface area contributed by atoms with Gasteiger partial charge in [-0.2, -0.15) is 4.31 Å². The summed E-state index contributed by atoms with van der Waals surface area (Å²) in [6.45, 7) is 5.89. The Balaban J connectivity index is 1.80. The SMILES string of the molecule is Cc1ccccc1[C@@H]1C[C@H](C)N(S(=O)(=O)C2CCOCC2)C1. The van der Waals surface area contributed by atoms with Crippen LogP contribution in [-0.2, 0) is 14.8 Å². The summed E-state index contributed by atoms with van der Waals surface area (Å²) >= 11 is 0. The first kappa shape index (κ1) is 16.0. The van der Waals surface area contributed by atoms with Crippen LogP contribution in [0.4, 0.5) is 0 Å². The van der Waals surface area contributed by atoms with Gasteiger partial charge in [-0.15, -0.1) is 0 Å². The quantitative estimate of drug-likeness (QED) is 0.859. The fourth-order valence-corrected chi connectivity index (χ4v) is 5.94. The molecule has 0 spiro atoms. The number of aryl methyl sites for hydroxylation is 1. The van der Waals surface area contributed by atoms with Crippen molar-refractivity contribution in [3.8, 4) is 0 Å². The monoisotopic (exact) mass is 323 g/mol. The van der Waals surface area contributed by atoms with Gasteiger partial charge < -0.3 is 4.74 Å². The van der Waals surface area contributed by atoms with Crippen LogP contribution in [0.5, 0.6) is 0 Å². The summed E-state index contributed by atoms with van der Waals surface area (Å²) in [5.74, 6) is 0.311. The van der Waals surface area contributed by atoms with Crippen LogP contribution in [-0.4, -0.2) is 43.8 Å². The van der Waals surface area contributed by atoms with E-state index in [-0.39, 0.29) is 11.3 Å². The lowest BCUT2D eigenvalue weighted by Gasteiger charge is -2.29. The van der Waals surface area contributed by atoms with Crippen molar-refractivity contribution in [3.63, 3.8) is 0 Å². The van der Waals surface area contributed by atoms with E-state index in [4.69, 9.17) is 4.74 Å². The Bertz CT molecular complexity index is 623. The van der Waals surface area contributed by atoms with Gasteiger partial charge in [-0.1, -0.05) is 24.3 Å². The highest BCUT2D eigenvalue weighted by molar-refractivity contribution is 7.89. The van der Waals surface area contributed by atoms with E-state index in [2.05, 4.69) is 19.1 Å². The average molecular weight is 323 g/mol. The normalized spacial score (nSPS) is 28.1. The first-order chi connectivity index (χ1) is 10.5. The third-order valence-corrected chi connectivity index (χ3v) is 7.54. The van der Waals surface area contributed by atoms with Gasteiger partial charge in [0.15, 0.2) is 0 Å². The molecule has 0 unspecified atom stereocenters. The molecule has 0 amide bonds. The van der Waals surface area contributed by atoms with Crippen molar-refractivity contribution in [2.75, 3.05) is 19.8 Å². The van der Waals surface area contributed by atoms with Crippen molar-refractivity contribution in [2.45, 2.75) is 50.3 Å². The van der Waals surface area contributed by atoms with Crippen LogP contribution in [0.1, 0.15) is 43.2 Å². The number of nitrogens with zero attached hydrogens (tertiary/aromatic N) is 1. The van der Waals surface area contributed by atoms with E-state index >= 15 is 0 Å². The minimum absolute atomic E-state index is 0.0810. The predicted octanol–water partition coefficient (Wildman–Crippen LogP) is 2.68. The number of benzene rings is 1. The Morgan fingerprint density at radius 1 is 1.18 bits per heavy atom. The third kappa shape index (κ3) is 2.94. The molecule has 0 N–H and O–H groups in total. The molecule has 2 atom stereocenters. The second kappa shape index (κ2) is 6.30. The molecule has 0 aliphatic carbocycles. The van der Waals surface area contributed by atoms with Crippen molar-refractivity contribution in [2.24, 2.45) is 0 Å². The number of hydrogen-bond donors (Lipinski definition) is 0. The lowest BCUT2D eigenvalue weighted by atomic mass is 9.93. The van der Waals surface area contributed by atoms with Gasteiger partial charge in [0.25, 0.3) is 0 Å². The Morgan fingerprint density at radius 2 is 1.86 bits per heavy atom. The van der Waals surface area contributed by atoms with E-state index in [1.807, 2.05) is 19.1 Å². The topological polar surface area (TPSA) is 46.6 Å². The second-order valence-corrected chi connectivity index (χ2v) is 8.73. The molecule has 0 aromatic heterocycles. The minimum atomic E-state index is -3.21. The summed E-state index contributed by atoms with van der Waals surface area (Å²) in [5.41, 5.74) is 2.55. The number of sulfonamides is 1. The largest absolute Gasteiger partial charge is 0.381 e. The van der Waals surface area contributed by atoms with Gasteiger partial charge in [0.2, 0.25) is 10.0 Å². The van der Waals surface area contributed by atoms with Crippen LogP contribution in [0.15, 0.2) is 24.3 Å². The molecule has 1 aromatic carbocycles. The zero-order valence-electron chi connectivity index (χ0n) is 13.4. The van der Waals surface area contributed by atoms with E-state index in [0.717, 1.165) is 6.42 Å². The number of hydrogen-bond acceptors (Lipinski definition) is 3. The van der Waals surface area contributed by atoms with Gasteiger partial charge in [-0.05, 0) is 50.2 Å². The molecule has 0 saturated carbocycles. The zero-order valence-corrected chi connectivity index (χ0v) is 14.2. The average Bonchev–Trinajstić information content (AvgIpc) is 2.91. The van der Waals surface area contributed by atoms with Gasteiger partial charge >= 0.3 is 0 Å². The van der Waals surface area contributed by atoms with Gasteiger partial charge in [0.1, 0.15) is 0 Å². The molecule has 2 aliphatic heterocycles. The molecule has 2 saturated heterocycles. The first-order valence-electron chi connectivity index (χ1n) is 8.14. The zero-order chi connectivity index (χ0) is 15.7. The van der Waals surface area contributed by atoms with Crippen LogP contribution in [0.25, 0.3) is 0 Å². The van der Waals surface area contributed by atoms with Crippen LogP contribution in [0, 0.1) is 6.92 Å². The Hall–Kier alpha value is -0.910. The van der Waals surface area contributed by atoms with Crippen molar-refractivity contribution in [3.05, 3.63) is 35.4 Å². The van der Waals surface area contributed by atoms with E-state index in [1.54, 1.807) is 4.31 Å². The van der Waals surface area contributed by atoms with Crippen molar-refractivity contribution in [1.29, 1.82) is 0 Å². The fraction of sp³-hybridized carbons (Fsp3) is 0.647. The molecule has 0 radical (unpaired) electrons. The van der Waals surface area contributed by atoms with Gasteiger partial charge in [0.05, 0.1) is 5.25 Å². The molecule has 0 bridgehead atoms. The molecule has 2 heterocycles. The van der Waals surface area contributed by atoms with Crippen LogP contribution in [0.2, 0.25) is 0 Å². The van der Waals surface area contributed by atoms with Gasteiger partial charge in [-0.25, -0.2) is 8.42 Å². The van der Waals surface area contributed by atoms with Crippen LogP contribution < -0.4 is 0 Å². The third-order valence-electron chi connectivity index (χ3n) is 5.06. The molecule has 5 heteroatoms. The van der Waals surface area contributed by atoms with E-state index in [0.29, 0.717) is 38.5 Å². The van der Waals surface area contributed by atoms with Crippen LogP contribution >= 0.6 is 0 Å². The fourth-order valence-electron chi connectivity index (χ4n) is 3.79. The molecule has 22 heavy (non-hydrogen) atoms. The molecular formula is C17H25NO3S. The van der Waals surface area contributed by atoms with E-state index in [9.17, 15) is 8.42 Å². The number of ether oxygens (including phenoxy) is 1. The summed E-state index contributed by atoms with van der Waals surface area (Å²) in [4.78, 5) is 0. The molecule has 122 valence electrons. The summed E-state index contributed by atoms with van der Waals surface area (Å²) < 4.78 is 32.9. The van der Waals surface area contributed by atoms with Gasteiger partial charge in [-0.3, -0.25) is 0 Å². The smallest absolute Gasteiger partial charge is 0.217 e. The van der Waals surface area contributed by atoms with Gasteiger partial charge in [0, 0.05) is 25.8 Å². The Kier molecular flexibility index (Phi) is 4.57. The van der Waals surface area contributed by atoms with Crippen LogP contribution in [0.3, 0.4) is 0 Å². The minimum Gasteiger partial charge on any atom is -0.381 e. The summed E-state index contributed by atoms with van der Waals surface area (Å²) in [6, 6.07) is 8.40. The van der Waals surface area contributed by atoms with E-state index in [1.165, 1.54) is 11.1 Å². The highest BCUT2D eigenvalue weighted by atomic mass is 32.2. The summed E-state index contributed by atoms with van der Waals surface area (Å²) in [5, 5.41) is -0.265. The maximum Gasteiger partial charge on any atom is 0.217 e. The van der Waals surface area contributed by atoms with Crippen molar-refractivity contribution < 1.29 is 13.2 Å². The van der Waals surface area contributed by atoms with Crippen molar-refractivity contribution >= 4 is 10.0 Å². The molecule has 4 nitrogen and oxygen atoms in total. The molecule has 1 aromatic rings. The highest BCUT2D eigenvalue weighted by Gasteiger charge is 2.42. The summed E-state index contributed by atoms with van der Waals surface area (Å²) in [7, 11) is -3.21. The van der Waals surface area contributed by atoms with Crippen molar-refractivity contribution in [1.82, 2.24) is 4.31 Å². The predicted molar refractivity (Wildman–Crippen MR) is 87.5 cm³/mol. The standard InChI is InChI=1S/C17H25NO3S/c1-13-5-3-4-6-17(13)15-11-14(2)18(12-15)22(19,20)16-7-9-21-10-8-16/h3-6,14-16H,7-12H2,1-2H3/t14-,15+/m0/s1. The first-order valence-corrected chi connectivity index (χ1v) is 9.64. The lowest BCUT2D eigenvalue weighted by Crippen LogP contribution is -2.43. The maximum atomic E-state index is 12.9. The molecular weight excluding hydrogens is 298 g/mol. The molecule has 2 fully saturated rings. The number of rotatable bonds is 3. The molecule has 2 aliphatic rings. The highest BCUT2D eigenvalue weighted by Crippen LogP contribution is 2.36. The maximum absolute atomic E-state index is 12.9. The Labute approximate surface area is 133 Å². The molecule has 3 rings (SSSR count). The van der Waals surface area contributed by atoms with E-state index < -0.39 is 10.0 Å².